The summed E-state index contributed by atoms with van der Waals surface area (Å²) in [6.45, 7) is 5.34. The van der Waals surface area contributed by atoms with Gasteiger partial charge in [-0.2, -0.15) is 0 Å². The number of amides is 1. The van der Waals surface area contributed by atoms with Crippen molar-refractivity contribution in [2.75, 3.05) is 6.54 Å². The molecule has 1 amide bonds. The summed E-state index contributed by atoms with van der Waals surface area (Å²) >= 11 is 3.90. The number of halogens is 1. The van der Waals surface area contributed by atoms with E-state index < -0.39 is 0 Å². The molecule has 1 aliphatic rings. The lowest BCUT2D eigenvalue weighted by molar-refractivity contribution is 0.0589. The minimum Gasteiger partial charge on any atom is -0.336 e. The first kappa shape index (κ1) is 12.4. The Labute approximate surface area is 114 Å². The second-order valence-corrected chi connectivity index (χ2v) is 7.42. The lowest BCUT2D eigenvalue weighted by atomic mass is 9.93. The molecule has 0 spiro atoms. The van der Waals surface area contributed by atoms with Gasteiger partial charge in [0.1, 0.15) is 0 Å². The van der Waals surface area contributed by atoms with Gasteiger partial charge < -0.3 is 4.90 Å². The predicted octanol–water partition coefficient (Wildman–Crippen LogP) is 3.61. The van der Waals surface area contributed by atoms with E-state index in [0.29, 0.717) is 6.04 Å². The lowest BCUT2D eigenvalue weighted by Crippen LogP contribution is -2.44. The molecular formula is C12H16INOS. The van der Waals surface area contributed by atoms with Gasteiger partial charge in [0.05, 0.1) is 8.45 Å². The first-order valence-corrected chi connectivity index (χ1v) is 7.58. The average Bonchev–Trinajstić information content (AvgIpc) is 2.64. The molecule has 4 heteroatoms. The van der Waals surface area contributed by atoms with Gasteiger partial charge >= 0.3 is 0 Å². The van der Waals surface area contributed by atoms with Gasteiger partial charge in [0.25, 0.3) is 5.91 Å². The fraction of sp³-hybridized carbons (Fsp3) is 0.583. The number of hydrogen-bond donors (Lipinski definition) is 0. The first-order valence-electron chi connectivity index (χ1n) is 5.63. The monoisotopic (exact) mass is 349 g/mol. The van der Waals surface area contributed by atoms with Crippen molar-refractivity contribution in [3.63, 3.8) is 0 Å². The van der Waals surface area contributed by atoms with Gasteiger partial charge in [0, 0.05) is 18.0 Å². The number of carbonyl (C=O) groups excluding carboxylic acids is 1. The Morgan fingerprint density at radius 1 is 1.56 bits per heavy atom. The lowest BCUT2D eigenvalue weighted by Gasteiger charge is -2.36. The molecule has 2 nitrogen and oxygen atoms in total. The van der Waals surface area contributed by atoms with Crippen LogP contribution in [0.3, 0.4) is 0 Å². The molecule has 1 fully saturated rings. The third kappa shape index (κ3) is 2.59. The summed E-state index contributed by atoms with van der Waals surface area (Å²) in [6, 6.07) is 2.37. The molecule has 0 N–H and O–H groups in total. The molecule has 2 heterocycles. The molecule has 0 bridgehead atoms. The maximum absolute atomic E-state index is 12.3. The summed E-state index contributed by atoms with van der Waals surface area (Å²) in [5.41, 5.74) is 0.857. The average molecular weight is 349 g/mol. The summed E-state index contributed by atoms with van der Waals surface area (Å²) in [7, 11) is 0. The number of nitrogens with zero attached hydrogens (tertiary/aromatic N) is 1. The van der Waals surface area contributed by atoms with E-state index in [0.717, 1.165) is 30.9 Å². The zero-order valence-corrected chi connectivity index (χ0v) is 12.5. The maximum Gasteiger partial charge on any atom is 0.254 e. The van der Waals surface area contributed by atoms with E-state index in [4.69, 9.17) is 0 Å². The number of hydrogen-bond acceptors (Lipinski definition) is 2. The van der Waals surface area contributed by atoms with Crippen molar-refractivity contribution < 1.29 is 4.79 Å². The molecule has 1 aromatic rings. The van der Waals surface area contributed by atoms with Crippen molar-refractivity contribution in [2.24, 2.45) is 5.92 Å². The molecule has 0 aromatic carbocycles. The van der Waals surface area contributed by atoms with Crippen LogP contribution in [0.25, 0.3) is 0 Å². The molecule has 2 rings (SSSR count). The van der Waals surface area contributed by atoms with Gasteiger partial charge in [0.2, 0.25) is 0 Å². The van der Waals surface area contributed by atoms with Crippen LogP contribution in [-0.4, -0.2) is 23.4 Å². The van der Waals surface area contributed by atoms with E-state index in [1.54, 1.807) is 11.3 Å². The molecular weight excluding hydrogens is 333 g/mol. The third-order valence-electron chi connectivity index (χ3n) is 3.21. The van der Waals surface area contributed by atoms with Crippen molar-refractivity contribution >= 4 is 39.8 Å². The van der Waals surface area contributed by atoms with Gasteiger partial charge in [-0.25, -0.2) is 0 Å². The van der Waals surface area contributed by atoms with Crippen molar-refractivity contribution in [1.82, 2.24) is 4.90 Å². The van der Waals surface area contributed by atoms with E-state index in [1.165, 1.54) is 2.88 Å². The molecule has 2 unspecified atom stereocenters. The Morgan fingerprint density at radius 3 is 2.88 bits per heavy atom. The number of piperidine rings is 1. The zero-order valence-electron chi connectivity index (χ0n) is 9.57. The molecule has 1 aromatic heterocycles. The van der Waals surface area contributed by atoms with E-state index in [9.17, 15) is 4.79 Å². The van der Waals surface area contributed by atoms with Gasteiger partial charge in [0.15, 0.2) is 0 Å². The van der Waals surface area contributed by atoms with Crippen molar-refractivity contribution in [3.05, 3.63) is 19.9 Å². The molecule has 0 saturated carbocycles. The van der Waals surface area contributed by atoms with E-state index in [-0.39, 0.29) is 5.91 Å². The smallest absolute Gasteiger partial charge is 0.254 e. The number of likely N-dealkylation sites (tertiary alicyclic amines) is 1. The van der Waals surface area contributed by atoms with Crippen LogP contribution in [0.15, 0.2) is 11.4 Å². The van der Waals surface area contributed by atoms with Gasteiger partial charge in [-0.05, 0) is 54.3 Å². The molecule has 0 aliphatic carbocycles. The highest BCUT2D eigenvalue weighted by Crippen LogP contribution is 2.25. The van der Waals surface area contributed by atoms with Gasteiger partial charge in [-0.15, -0.1) is 11.3 Å². The minimum absolute atomic E-state index is 0.207. The number of carbonyl (C=O) groups is 1. The van der Waals surface area contributed by atoms with Crippen molar-refractivity contribution in [3.8, 4) is 0 Å². The Balaban J connectivity index is 2.10. The summed E-state index contributed by atoms with van der Waals surface area (Å²) < 4.78 is 1.18. The molecule has 16 heavy (non-hydrogen) atoms. The second-order valence-electron chi connectivity index (χ2n) is 4.62. The van der Waals surface area contributed by atoms with Crippen LogP contribution in [0.5, 0.6) is 0 Å². The molecule has 1 saturated heterocycles. The van der Waals surface area contributed by atoms with Crippen LogP contribution in [0.2, 0.25) is 0 Å². The van der Waals surface area contributed by atoms with Crippen LogP contribution in [0.4, 0.5) is 0 Å². The van der Waals surface area contributed by atoms with E-state index >= 15 is 0 Å². The molecule has 1 aliphatic heterocycles. The number of rotatable bonds is 1. The second kappa shape index (κ2) is 5.04. The Kier molecular flexibility index (Phi) is 3.89. The predicted molar refractivity (Wildman–Crippen MR) is 75.9 cm³/mol. The third-order valence-corrected chi connectivity index (χ3v) is 5.00. The van der Waals surface area contributed by atoms with Gasteiger partial charge in [-0.3, -0.25) is 4.79 Å². The molecule has 2 atom stereocenters. The van der Waals surface area contributed by atoms with Gasteiger partial charge in [-0.1, -0.05) is 6.92 Å². The maximum atomic E-state index is 12.3. The SMILES string of the molecule is CC1CCN(C(=O)c2csc(I)c2)C(C)C1. The molecule has 0 radical (unpaired) electrons. The van der Waals surface area contributed by atoms with Crippen LogP contribution < -0.4 is 0 Å². The normalized spacial score (nSPS) is 25.8. The first-order chi connectivity index (χ1) is 7.58. The fourth-order valence-electron chi connectivity index (χ4n) is 2.30. The zero-order chi connectivity index (χ0) is 11.7. The summed E-state index contributed by atoms with van der Waals surface area (Å²) in [5, 5.41) is 1.97. The standard InChI is InChI=1S/C12H16INOS/c1-8-3-4-14(9(2)5-8)12(15)10-6-11(13)16-7-10/h6-9H,3-5H2,1-2H3. The summed E-state index contributed by atoms with van der Waals surface area (Å²) in [6.07, 6.45) is 2.27. The summed E-state index contributed by atoms with van der Waals surface area (Å²) in [4.78, 5) is 14.3. The largest absolute Gasteiger partial charge is 0.336 e. The van der Waals surface area contributed by atoms with E-state index in [2.05, 4.69) is 36.4 Å². The molecule has 88 valence electrons. The van der Waals surface area contributed by atoms with Crippen molar-refractivity contribution in [1.29, 1.82) is 0 Å². The summed E-state index contributed by atoms with van der Waals surface area (Å²) in [5.74, 6) is 0.959. The fourth-order valence-corrected chi connectivity index (χ4v) is 3.62. The van der Waals surface area contributed by atoms with Crippen molar-refractivity contribution in [2.45, 2.75) is 32.7 Å². The highest BCUT2D eigenvalue weighted by atomic mass is 127. The minimum atomic E-state index is 0.207. The van der Waals surface area contributed by atoms with Crippen LogP contribution >= 0.6 is 33.9 Å². The highest BCUT2D eigenvalue weighted by Gasteiger charge is 2.27. The van der Waals surface area contributed by atoms with Crippen LogP contribution in [-0.2, 0) is 0 Å². The number of thiophene rings is 1. The topological polar surface area (TPSA) is 20.3 Å². The van der Waals surface area contributed by atoms with E-state index in [1.807, 2.05) is 16.3 Å². The Morgan fingerprint density at radius 2 is 2.31 bits per heavy atom. The Hall–Kier alpha value is -0.100. The van der Waals surface area contributed by atoms with Crippen LogP contribution in [0.1, 0.15) is 37.0 Å². The Bertz CT molecular complexity index is 390. The highest BCUT2D eigenvalue weighted by molar-refractivity contribution is 14.1. The quantitative estimate of drug-likeness (QED) is 0.710. The van der Waals surface area contributed by atoms with Crippen LogP contribution in [0, 0.1) is 8.80 Å².